The fraction of sp³-hybridized carbons (Fsp3) is 0.105. The second-order valence-corrected chi connectivity index (χ2v) is 6.75. The van der Waals surface area contributed by atoms with Gasteiger partial charge in [-0.05, 0) is 37.3 Å². The molecule has 3 rings (SSSR count). The molecule has 28 heavy (non-hydrogen) atoms. The largest absolute Gasteiger partial charge is 0.346 e. The Kier molecular flexibility index (Phi) is 5.75. The lowest BCUT2D eigenvalue weighted by molar-refractivity contribution is -0.384. The van der Waals surface area contributed by atoms with Crippen LogP contribution < -0.4 is 10.6 Å². The van der Waals surface area contributed by atoms with E-state index in [-0.39, 0.29) is 23.6 Å². The number of Topliss-reactive ketones (excluding diaryl/α,β-unsaturated/α-hetero) is 1. The number of carbonyl (C=O) groups is 2. The number of nitrogens with zero attached hydrogens (tertiary/aromatic N) is 2. The molecule has 8 nitrogen and oxygen atoms in total. The van der Waals surface area contributed by atoms with Crippen molar-refractivity contribution >= 4 is 39.5 Å². The summed E-state index contributed by atoms with van der Waals surface area (Å²) in [6.45, 7) is 1.71. The molecule has 0 fully saturated rings. The summed E-state index contributed by atoms with van der Waals surface area (Å²) in [7, 11) is 0. The molecular weight excluding hydrogens is 380 g/mol. The van der Waals surface area contributed by atoms with Crippen molar-refractivity contribution in [3.05, 3.63) is 80.8 Å². The van der Waals surface area contributed by atoms with Gasteiger partial charge in [-0.25, -0.2) is 4.98 Å². The van der Waals surface area contributed by atoms with E-state index in [4.69, 9.17) is 0 Å². The molecule has 0 unspecified atom stereocenters. The van der Waals surface area contributed by atoms with Crippen molar-refractivity contribution in [3.63, 3.8) is 0 Å². The number of hydrogen-bond donors (Lipinski definition) is 2. The number of nitrogens with one attached hydrogen (secondary N) is 2. The van der Waals surface area contributed by atoms with Crippen LogP contribution in [0.15, 0.2) is 53.9 Å². The van der Waals surface area contributed by atoms with Crippen LogP contribution in [0, 0.1) is 10.1 Å². The average Bonchev–Trinajstić information content (AvgIpc) is 3.14. The van der Waals surface area contributed by atoms with Crippen molar-refractivity contribution < 1.29 is 14.5 Å². The van der Waals surface area contributed by atoms with Crippen LogP contribution in [0.25, 0.3) is 0 Å². The maximum atomic E-state index is 12.2. The van der Waals surface area contributed by atoms with Crippen molar-refractivity contribution in [1.82, 2.24) is 10.3 Å². The van der Waals surface area contributed by atoms with Gasteiger partial charge in [0.1, 0.15) is 0 Å². The monoisotopic (exact) mass is 396 g/mol. The molecular formula is C19H16N4O4S. The van der Waals surface area contributed by atoms with Gasteiger partial charge in [-0.3, -0.25) is 19.7 Å². The van der Waals surface area contributed by atoms with E-state index in [1.54, 1.807) is 29.6 Å². The molecule has 0 aliphatic rings. The Balaban J connectivity index is 1.58. The maximum Gasteiger partial charge on any atom is 0.270 e. The number of anilines is 2. The van der Waals surface area contributed by atoms with Crippen molar-refractivity contribution in [3.8, 4) is 0 Å². The highest BCUT2D eigenvalue weighted by molar-refractivity contribution is 7.13. The first kappa shape index (κ1) is 19.2. The van der Waals surface area contributed by atoms with E-state index in [1.165, 1.54) is 42.5 Å². The fourth-order valence-corrected chi connectivity index (χ4v) is 3.12. The summed E-state index contributed by atoms with van der Waals surface area (Å²) in [5, 5.41) is 19.1. The minimum atomic E-state index is -0.544. The number of nitro groups is 1. The van der Waals surface area contributed by atoms with Gasteiger partial charge in [0, 0.05) is 34.3 Å². The summed E-state index contributed by atoms with van der Waals surface area (Å²) in [5.41, 5.74) is 2.17. The molecule has 142 valence electrons. The maximum absolute atomic E-state index is 12.2. The first-order valence-corrected chi connectivity index (χ1v) is 9.15. The zero-order chi connectivity index (χ0) is 20.1. The van der Waals surface area contributed by atoms with Crippen molar-refractivity contribution in [2.75, 3.05) is 5.32 Å². The van der Waals surface area contributed by atoms with Gasteiger partial charge in [-0.2, -0.15) is 0 Å². The summed E-state index contributed by atoms with van der Waals surface area (Å²) < 4.78 is 0. The number of thiazole rings is 1. The molecule has 0 aliphatic heterocycles. The lowest BCUT2D eigenvalue weighted by Gasteiger charge is -2.04. The Morgan fingerprint density at radius 3 is 2.57 bits per heavy atom. The molecule has 9 heteroatoms. The molecule has 0 saturated carbocycles. The van der Waals surface area contributed by atoms with Gasteiger partial charge in [-0.1, -0.05) is 6.07 Å². The number of hydrogen-bond acceptors (Lipinski definition) is 7. The molecule has 0 radical (unpaired) electrons. The number of aromatic nitrogens is 1. The van der Waals surface area contributed by atoms with E-state index in [0.717, 1.165) is 5.69 Å². The van der Waals surface area contributed by atoms with Crippen molar-refractivity contribution in [1.29, 1.82) is 0 Å². The third kappa shape index (κ3) is 4.77. The van der Waals surface area contributed by atoms with E-state index in [0.29, 0.717) is 16.4 Å². The van der Waals surface area contributed by atoms with Crippen LogP contribution in [0.4, 0.5) is 16.5 Å². The molecule has 1 aromatic heterocycles. The number of rotatable bonds is 7. The molecule has 2 aromatic carbocycles. The Morgan fingerprint density at radius 1 is 1.14 bits per heavy atom. The quantitative estimate of drug-likeness (QED) is 0.355. The van der Waals surface area contributed by atoms with Crippen LogP contribution in [0.3, 0.4) is 0 Å². The van der Waals surface area contributed by atoms with Crippen molar-refractivity contribution in [2.45, 2.75) is 13.5 Å². The SMILES string of the molecule is CC(=O)c1ccc(Nc2nc(CNC(=O)c3cccc([N+](=O)[O-])c3)cs2)cc1. The van der Waals surface area contributed by atoms with Gasteiger partial charge in [0.25, 0.3) is 11.6 Å². The van der Waals surface area contributed by atoms with Crippen LogP contribution in [0.1, 0.15) is 33.3 Å². The standard InChI is InChI=1S/C19H16N4O4S/c1-12(24)13-5-7-15(8-6-13)21-19-22-16(11-28-19)10-20-18(25)14-3-2-4-17(9-14)23(26)27/h2-9,11H,10H2,1H3,(H,20,25)(H,21,22). The molecule has 1 amide bonds. The number of benzene rings is 2. The first-order valence-electron chi connectivity index (χ1n) is 8.27. The summed E-state index contributed by atoms with van der Waals surface area (Å²) in [6.07, 6.45) is 0. The molecule has 0 saturated heterocycles. The number of amides is 1. The second-order valence-electron chi connectivity index (χ2n) is 5.89. The summed E-state index contributed by atoms with van der Waals surface area (Å²) in [6, 6.07) is 12.6. The highest BCUT2D eigenvalue weighted by Crippen LogP contribution is 2.21. The van der Waals surface area contributed by atoms with Crippen LogP contribution >= 0.6 is 11.3 Å². The predicted octanol–water partition coefficient (Wildman–Crippen LogP) is 3.93. The minimum Gasteiger partial charge on any atom is -0.346 e. The molecule has 2 N–H and O–H groups in total. The summed E-state index contributed by atoms with van der Waals surface area (Å²) >= 11 is 1.38. The minimum absolute atomic E-state index is 0.00238. The van der Waals surface area contributed by atoms with Crippen LogP contribution in [0.2, 0.25) is 0 Å². The molecule has 0 spiro atoms. The van der Waals surface area contributed by atoms with Gasteiger partial charge in [0.05, 0.1) is 17.2 Å². The van der Waals surface area contributed by atoms with Crippen LogP contribution in [-0.2, 0) is 6.54 Å². The Hall–Kier alpha value is -3.59. The van der Waals surface area contributed by atoms with Gasteiger partial charge >= 0.3 is 0 Å². The number of nitro benzene ring substituents is 1. The lowest BCUT2D eigenvalue weighted by Crippen LogP contribution is -2.23. The molecule has 0 aliphatic carbocycles. The number of ketones is 1. The predicted molar refractivity (Wildman–Crippen MR) is 106 cm³/mol. The zero-order valence-electron chi connectivity index (χ0n) is 14.8. The smallest absolute Gasteiger partial charge is 0.270 e. The topological polar surface area (TPSA) is 114 Å². The number of carbonyl (C=O) groups excluding carboxylic acids is 2. The fourth-order valence-electron chi connectivity index (χ4n) is 2.39. The molecule has 0 atom stereocenters. The van der Waals surface area contributed by atoms with E-state index in [2.05, 4.69) is 15.6 Å². The van der Waals surface area contributed by atoms with Crippen LogP contribution in [0.5, 0.6) is 0 Å². The molecule has 0 bridgehead atoms. The first-order chi connectivity index (χ1) is 13.4. The number of non-ortho nitro benzene ring substituents is 1. The highest BCUT2D eigenvalue weighted by atomic mass is 32.1. The highest BCUT2D eigenvalue weighted by Gasteiger charge is 2.12. The lowest BCUT2D eigenvalue weighted by atomic mass is 10.1. The Bertz CT molecular complexity index is 1030. The van der Waals surface area contributed by atoms with E-state index >= 15 is 0 Å². The van der Waals surface area contributed by atoms with Crippen molar-refractivity contribution in [2.24, 2.45) is 0 Å². The van der Waals surface area contributed by atoms with E-state index in [9.17, 15) is 19.7 Å². The van der Waals surface area contributed by atoms with Gasteiger partial charge in [0.15, 0.2) is 10.9 Å². The van der Waals surface area contributed by atoms with Crippen LogP contribution in [-0.4, -0.2) is 21.6 Å². The third-order valence-electron chi connectivity index (χ3n) is 3.84. The van der Waals surface area contributed by atoms with Gasteiger partial charge < -0.3 is 10.6 Å². The average molecular weight is 396 g/mol. The van der Waals surface area contributed by atoms with E-state index < -0.39 is 10.8 Å². The molecule has 3 aromatic rings. The zero-order valence-corrected chi connectivity index (χ0v) is 15.7. The second kappa shape index (κ2) is 8.40. The normalized spacial score (nSPS) is 10.3. The summed E-state index contributed by atoms with van der Waals surface area (Å²) in [4.78, 5) is 38.1. The van der Waals surface area contributed by atoms with Gasteiger partial charge in [0.2, 0.25) is 0 Å². The summed E-state index contributed by atoms with van der Waals surface area (Å²) in [5.74, 6) is -0.409. The van der Waals surface area contributed by atoms with E-state index in [1.807, 2.05) is 0 Å². The molecule has 1 heterocycles. The Morgan fingerprint density at radius 2 is 1.89 bits per heavy atom. The third-order valence-corrected chi connectivity index (χ3v) is 4.65. The Labute approximate surface area is 164 Å². The van der Waals surface area contributed by atoms with Gasteiger partial charge in [-0.15, -0.1) is 11.3 Å².